The summed E-state index contributed by atoms with van der Waals surface area (Å²) in [7, 11) is -3.34. The van der Waals surface area contributed by atoms with E-state index < -0.39 is 10.2 Å². The zero-order chi connectivity index (χ0) is 13.0. The van der Waals surface area contributed by atoms with Gasteiger partial charge in [0.2, 0.25) is 0 Å². The molecule has 102 valence electrons. The average molecular weight is 273 g/mol. The molecule has 1 aromatic rings. The van der Waals surface area contributed by atoms with Crippen molar-refractivity contribution in [2.75, 3.05) is 25.4 Å². The first-order valence-electron chi connectivity index (χ1n) is 6.10. The molecule has 7 nitrogen and oxygen atoms in total. The van der Waals surface area contributed by atoms with Crippen LogP contribution in [0, 0.1) is 0 Å². The minimum Gasteiger partial charge on any atom is -0.396 e. The maximum absolute atomic E-state index is 11.9. The Kier molecular flexibility index (Phi) is 4.20. The number of rotatable bonds is 5. The van der Waals surface area contributed by atoms with Gasteiger partial charge in [-0.25, -0.2) is 4.72 Å². The van der Waals surface area contributed by atoms with Gasteiger partial charge in [-0.2, -0.15) is 17.8 Å². The van der Waals surface area contributed by atoms with Gasteiger partial charge in [0.25, 0.3) is 10.2 Å². The maximum atomic E-state index is 11.9. The third-order valence-electron chi connectivity index (χ3n) is 2.93. The van der Waals surface area contributed by atoms with Crippen LogP contribution in [0.4, 0.5) is 5.69 Å². The SMILES string of the molecule is Nc1cnn(CCNS(=O)(=O)N2CCCCC2)c1. The van der Waals surface area contributed by atoms with E-state index in [1.165, 1.54) is 4.31 Å². The molecule has 3 N–H and O–H groups in total. The summed E-state index contributed by atoms with van der Waals surface area (Å²) in [4.78, 5) is 0. The molecule has 0 aliphatic carbocycles. The minimum atomic E-state index is -3.34. The third-order valence-corrected chi connectivity index (χ3v) is 4.55. The van der Waals surface area contributed by atoms with Crippen LogP contribution in [0.1, 0.15) is 19.3 Å². The molecule has 1 aliphatic heterocycles. The van der Waals surface area contributed by atoms with Gasteiger partial charge >= 0.3 is 0 Å². The molecular formula is C10H19N5O2S. The first-order valence-corrected chi connectivity index (χ1v) is 7.54. The van der Waals surface area contributed by atoms with E-state index >= 15 is 0 Å². The van der Waals surface area contributed by atoms with Crippen LogP contribution in [0.5, 0.6) is 0 Å². The second-order valence-electron chi connectivity index (χ2n) is 4.40. The highest BCUT2D eigenvalue weighted by atomic mass is 32.2. The van der Waals surface area contributed by atoms with Gasteiger partial charge in [-0.3, -0.25) is 4.68 Å². The summed E-state index contributed by atoms with van der Waals surface area (Å²) in [5.41, 5.74) is 6.10. The smallest absolute Gasteiger partial charge is 0.279 e. The molecule has 8 heteroatoms. The number of nitrogens with zero attached hydrogens (tertiary/aromatic N) is 3. The van der Waals surface area contributed by atoms with Crippen LogP contribution in [-0.2, 0) is 16.8 Å². The molecule has 0 bridgehead atoms. The third kappa shape index (κ3) is 3.44. The lowest BCUT2D eigenvalue weighted by atomic mass is 10.2. The van der Waals surface area contributed by atoms with E-state index in [0.29, 0.717) is 31.9 Å². The lowest BCUT2D eigenvalue weighted by Crippen LogP contribution is -2.44. The van der Waals surface area contributed by atoms with Crippen molar-refractivity contribution in [3.05, 3.63) is 12.4 Å². The van der Waals surface area contributed by atoms with E-state index in [1.807, 2.05) is 0 Å². The van der Waals surface area contributed by atoms with Crippen LogP contribution >= 0.6 is 0 Å². The van der Waals surface area contributed by atoms with Gasteiger partial charge in [-0.05, 0) is 12.8 Å². The summed E-state index contributed by atoms with van der Waals surface area (Å²) in [6.07, 6.45) is 6.21. The molecule has 0 spiro atoms. The highest BCUT2D eigenvalue weighted by molar-refractivity contribution is 7.87. The molecule has 0 amide bonds. The van der Waals surface area contributed by atoms with E-state index in [0.717, 1.165) is 19.3 Å². The average Bonchev–Trinajstić information content (AvgIpc) is 2.76. The second-order valence-corrected chi connectivity index (χ2v) is 6.15. The molecule has 0 atom stereocenters. The molecule has 2 rings (SSSR count). The fourth-order valence-corrected chi connectivity index (χ4v) is 3.26. The summed E-state index contributed by atoms with van der Waals surface area (Å²) in [5.74, 6) is 0. The zero-order valence-corrected chi connectivity index (χ0v) is 11.1. The standard InChI is InChI=1S/C10H19N5O2S/c11-10-8-12-14(9-10)7-4-13-18(16,17)15-5-2-1-3-6-15/h8-9,13H,1-7,11H2. The first kappa shape index (κ1) is 13.3. The molecular weight excluding hydrogens is 254 g/mol. The van der Waals surface area contributed by atoms with Crippen LogP contribution in [0.3, 0.4) is 0 Å². The van der Waals surface area contributed by atoms with Gasteiger partial charge in [0, 0.05) is 25.8 Å². The van der Waals surface area contributed by atoms with E-state index in [4.69, 9.17) is 5.73 Å². The molecule has 0 aromatic carbocycles. The van der Waals surface area contributed by atoms with Gasteiger partial charge in [0.05, 0.1) is 18.4 Å². The van der Waals surface area contributed by atoms with Gasteiger partial charge in [0.15, 0.2) is 0 Å². The van der Waals surface area contributed by atoms with Crippen molar-refractivity contribution in [2.24, 2.45) is 0 Å². The predicted molar refractivity (Wildman–Crippen MR) is 69.0 cm³/mol. The summed E-state index contributed by atoms with van der Waals surface area (Å²) in [5, 5.41) is 3.99. The van der Waals surface area contributed by atoms with Crippen LogP contribution in [-0.4, -0.2) is 42.1 Å². The molecule has 1 aliphatic rings. The molecule has 1 aromatic heterocycles. The maximum Gasteiger partial charge on any atom is 0.279 e. The Morgan fingerprint density at radius 2 is 2.06 bits per heavy atom. The fraction of sp³-hybridized carbons (Fsp3) is 0.700. The van der Waals surface area contributed by atoms with Crippen molar-refractivity contribution < 1.29 is 8.42 Å². The predicted octanol–water partition coefficient (Wildman–Crippen LogP) is -0.214. The lowest BCUT2D eigenvalue weighted by molar-refractivity contribution is 0.341. The monoisotopic (exact) mass is 273 g/mol. The zero-order valence-electron chi connectivity index (χ0n) is 10.2. The molecule has 1 saturated heterocycles. The summed E-state index contributed by atoms with van der Waals surface area (Å²) in [6, 6.07) is 0. The van der Waals surface area contributed by atoms with E-state index in [-0.39, 0.29) is 0 Å². The summed E-state index contributed by atoms with van der Waals surface area (Å²) >= 11 is 0. The van der Waals surface area contributed by atoms with Crippen molar-refractivity contribution >= 4 is 15.9 Å². The van der Waals surface area contributed by atoms with Gasteiger partial charge in [-0.15, -0.1) is 0 Å². The number of anilines is 1. The lowest BCUT2D eigenvalue weighted by Gasteiger charge is -2.25. The summed E-state index contributed by atoms with van der Waals surface area (Å²) in [6.45, 7) is 2.03. The number of piperidine rings is 1. The van der Waals surface area contributed by atoms with Crippen molar-refractivity contribution in [3.63, 3.8) is 0 Å². The number of hydrogen-bond donors (Lipinski definition) is 2. The number of nitrogens with two attached hydrogens (primary N) is 1. The van der Waals surface area contributed by atoms with Gasteiger partial charge in [0.1, 0.15) is 0 Å². The molecule has 1 fully saturated rings. The van der Waals surface area contributed by atoms with Crippen molar-refractivity contribution in [3.8, 4) is 0 Å². The number of aromatic nitrogens is 2. The molecule has 0 saturated carbocycles. The van der Waals surface area contributed by atoms with Crippen molar-refractivity contribution in [1.82, 2.24) is 18.8 Å². The quantitative estimate of drug-likeness (QED) is 0.776. The topological polar surface area (TPSA) is 93.2 Å². The van der Waals surface area contributed by atoms with Crippen LogP contribution in [0.25, 0.3) is 0 Å². The fourth-order valence-electron chi connectivity index (χ4n) is 1.99. The van der Waals surface area contributed by atoms with Crippen molar-refractivity contribution in [1.29, 1.82) is 0 Å². The number of hydrogen-bond acceptors (Lipinski definition) is 4. The van der Waals surface area contributed by atoms with E-state index in [1.54, 1.807) is 17.1 Å². The molecule has 2 heterocycles. The Balaban J connectivity index is 1.81. The molecule has 0 unspecified atom stereocenters. The number of nitrogens with one attached hydrogen (secondary N) is 1. The van der Waals surface area contributed by atoms with E-state index in [9.17, 15) is 8.42 Å². The Labute approximate surface area is 107 Å². The largest absolute Gasteiger partial charge is 0.396 e. The summed E-state index contributed by atoms with van der Waals surface area (Å²) < 4.78 is 29.6. The van der Waals surface area contributed by atoms with Gasteiger partial charge in [-0.1, -0.05) is 6.42 Å². The van der Waals surface area contributed by atoms with Crippen molar-refractivity contribution in [2.45, 2.75) is 25.8 Å². The normalized spacial score (nSPS) is 18.0. The first-order chi connectivity index (χ1) is 8.58. The Bertz CT molecular complexity index is 478. The van der Waals surface area contributed by atoms with Crippen LogP contribution in [0.2, 0.25) is 0 Å². The molecule has 18 heavy (non-hydrogen) atoms. The second kappa shape index (κ2) is 5.68. The Morgan fingerprint density at radius 3 is 2.67 bits per heavy atom. The van der Waals surface area contributed by atoms with Gasteiger partial charge < -0.3 is 5.73 Å². The molecule has 0 radical (unpaired) electrons. The van der Waals surface area contributed by atoms with Crippen LogP contribution < -0.4 is 10.5 Å². The van der Waals surface area contributed by atoms with E-state index in [2.05, 4.69) is 9.82 Å². The highest BCUT2D eigenvalue weighted by Gasteiger charge is 2.22. The minimum absolute atomic E-state index is 0.319. The Morgan fingerprint density at radius 1 is 1.33 bits per heavy atom. The number of nitrogen functional groups attached to an aromatic ring is 1. The highest BCUT2D eigenvalue weighted by Crippen LogP contribution is 2.11. The van der Waals surface area contributed by atoms with Crippen LogP contribution in [0.15, 0.2) is 12.4 Å². The Hall–Kier alpha value is -1.12.